The number of nitrogens with one attached hydrogen (secondary N) is 2. The van der Waals surface area contributed by atoms with Crippen LogP contribution >= 0.6 is 11.8 Å². The van der Waals surface area contributed by atoms with Gasteiger partial charge in [-0.15, -0.1) is 11.8 Å². The van der Waals surface area contributed by atoms with E-state index in [0.29, 0.717) is 22.8 Å². The lowest BCUT2D eigenvalue weighted by molar-refractivity contribution is -0.134. The largest absolute Gasteiger partial charge is 0.481 e. The number of anilines is 3. The Labute approximate surface area is 239 Å². The molecular weight excluding hydrogens is 528 g/mol. The van der Waals surface area contributed by atoms with Gasteiger partial charge in [0.2, 0.25) is 0 Å². The van der Waals surface area contributed by atoms with Crippen LogP contribution in [0.5, 0.6) is 0 Å². The van der Waals surface area contributed by atoms with Gasteiger partial charge in [0.25, 0.3) is 5.91 Å². The second-order valence-electron chi connectivity index (χ2n) is 11.4. The molecule has 0 aromatic heterocycles. The molecule has 0 saturated heterocycles. The van der Waals surface area contributed by atoms with Crippen LogP contribution in [0.4, 0.5) is 21.9 Å². The highest BCUT2D eigenvalue weighted by atomic mass is 32.2. The number of carbonyl (C=O) groups is 4. The summed E-state index contributed by atoms with van der Waals surface area (Å²) in [4.78, 5) is 55.7. The number of hydrogen-bond donors (Lipinski definition) is 3. The van der Waals surface area contributed by atoms with Crippen LogP contribution in [0.1, 0.15) is 52.9 Å². The number of hydrogen-bond acceptors (Lipinski definition) is 6. The number of rotatable bonds is 8. The summed E-state index contributed by atoms with van der Waals surface area (Å²) in [5, 5.41) is 14.6. The minimum absolute atomic E-state index is 0.0688. The van der Waals surface area contributed by atoms with Crippen LogP contribution in [0.3, 0.4) is 0 Å². The number of carboxylic acid groups (broad SMARTS) is 1. The van der Waals surface area contributed by atoms with Gasteiger partial charge in [0.05, 0.1) is 23.7 Å². The first-order valence-electron chi connectivity index (χ1n) is 13.8. The zero-order valence-electron chi connectivity index (χ0n) is 23.3. The summed E-state index contributed by atoms with van der Waals surface area (Å²) >= 11 is 1.15. The van der Waals surface area contributed by atoms with Crippen molar-refractivity contribution in [2.24, 2.45) is 5.41 Å². The number of thioether (sulfide) groups is 1. The normalized spacial score (nSPS) is 18.1. The van der Waals surface area contributed by atoms with Crippen molar-refractivity contribution in [1.29, 1.82) is 0 Å². The fourth-order valence-corrected chi connectivity index (χ4v) is 5.81. The van der Waals surface area contributed by atoms with Gasteiger partial charge < -0.3 is 25.5 Å². The van der Waals surface area contributed by atoms with E-state index in [1.54, 1.807) is 24.3 Å². The summed E-state index contributed by atoms with van der Waals surface area (Å²) in [5.41, 5.74) is 1.44. The van der Waals surface area contributed by atoms with E-state index >= 15 is 0 Å². The third kappa shape index (κ3) is 7.35. The molecule has 1 fully saturated rings. The van der Waals surface area contributed by atoms with Gasteiger partial charge in [-0.25, -0.2) is 4.79 Å². The van der Waals surface area contributed by atoms with Crippen LogP contribution < -0.4 is 20.4 Å². The highest BCUT2D eigenvalue weighted by Crippen LogP contribution is 2.37. The minimum Gasteiger partial charge on any atom is -0.481 e. The Kier molecular flexibility index (Phi) is 9.40. The standard InChI is InChI=1S/C30H38N4O5S/c1-30(2,3)26(35)18-34-25-15-8-7-14-24(25)33(21-11-5-4-6-12-21)17-23(28(34)38)32-29(39)31-20-10-9-13-22(16-20)40-19-27(36)37/h7-10,13-16,21,23H,4-6,11-12,17-19H2,1-3H3,(H,36,37)(H2,31,32,39). The Morgan fingerprint density at radius 2 is 1.70 bits per heavy atom. The highest BCUT2D eigenvalue weighted by Gasteiger charge is 2.39. The second kappa shape index (κ2) is 12.8. The van der Waals surface area contributed by atoms with Gasteiger partial charge in [-0.1, -0.05) is 58.2 Å². The number of para-hydroxylation sites is 2. The van der Waals surface area contributed by atoms with Gasteiger partial charge in [0.1, 0.15) is 6.04 Å². The predicted molar refractivity (Wildman–Crippen MR) is 158 cm³/mol. The van der Waals surface area contributed by atoms with E-state index in [1.165, 1.54) is 11.3 Å². The van der Waals surface area contributed by atoms with Gasteiger partial charge in [-0.2, -0.15) is 0 Å². The van der Waals surface area contributed by atoms with Gasteiger partial charge in [0, 0.05) is 28.6 Å². The Morgan fingerprint density at radius 1 is 1.00 bits per heavy atom. The number of benzene rings is 2. The molecule has 214 valence electrons. The minimum atomic E-state index is -0.925. The lowest BCUT2D eigenvalue weighted by Crippen LogP contribution is -2.55. The van der Waals surface area contributed by atoms with E-state index in [0.717, 1.165) is 43.1 Å². The Morgan fingerprint density at radius 3 is 2.38 bits per heavy atom. The van der Waals surface area contributed by atoms with Crippen LogP contribution in [-0.4, -0.2) is 59.7 Å². The van der Waals surface area contributed by atoms with E-state index in [1.807, 2.05) is 45.0 Å². The molecule has 10 heteroatoms. The van der Waals surface area contributed by atoms with E-state index in [-0.39, 0.29) is 30.0 Å². The quantitative estimate of drug-likeness (QED) is 0.378. The molecule has 1 heterocycles. The first kappa shape index (κ1) is 29.5. The van der Waals surface area contributed by atoms with Gasteiger partial charge >= 0.3 is 12.0 Å². The lowest BCUT2D eigenvalue weighted by atomic mass is 9.90. The molecule has 1 atom stereocenters. The molecule has 2 aromatic carbocycles. The van der Waals surface area contributed by atoms with Crippen molar-refractivity contribution in [3.05, 3.63) is 48.5 Å². The van der Waals surface area contributed by atoms with Gasteiger partial charge in [0.15, 0.2) is 5.78 Å². The smallest absolute Gasteiger partial charge is 0.319 e. The molecule has 0 radical (unpaired) electrons. The van der Waals surface area contributed by atoms with Crippen LogP contribution in [0, 0.1) is 5.41 Å². The molecule has 3 amide bonds. The molecule has 3 N–H and O–H groups in total. The number of urea groups is 1. The van der Waals surface area contributed by atoms with Crippen molar-refractivity contribution < 1.29 is 24.3 Å². The zero-order valence-corrected chi connectivity index (χ0v) is 24.1. The molecule has 9 nitrogen and oxygen atoms in total. The van der Waals surface area contributed by atoms with Crippen LogP contribution in [0.2, 0.25) is 0 Å². The highest BCUT2D eigenvalue weighted by molar-refractivity contribution is 8.00. The second-order valence-corrected chi connectivity index (χ2v) is 12.4. The maximum absolute atomic E-state index is 14.0. The van der Waals surface area contributed by atoms with Crippen molar-refractivity contribution in [3.63, 3.8) is 0 Å². The number of carboxylic acids is 1. The van der Waals surface area contributed by atoms with Crippen molar-refractivity contribution in [1.82, 2.24) is 5.32 Å². The molecule has 0 spiro atoms. The van der Waals surface area contributed by atoms with Crippen LogP contribution in [-0.2, 0) is 14.4 Å². The summed E-state index contributed by atoms with van der Waals surface area (Å²) in [6.07, 6.45) is 5.41. The molecule has 0 bridgehead atoms. The van der Waals surface area contributed by atoms with E-state index < -0.39 is 23.5 Å². The number of amides is 3. The van der Waals surface area contributed by atoms with Crippen LogP contribution in [0.15, 0.2) is 53.4 Å². The van der Waals surface area contributed by atoms with Crippen molar-refractivity contribution in [2.45, 2.75) is 69.9 Å². The molecule has 2 aromatic rings. The molecular formula is C30H38N4O5S. The first-order valence-corrected chi connectivity index (χ1v) is 14.7. The molecule has 1 aliphatic heterocycles. The van der Waals surface area contributed by atoms with Gasteiger partial charge in [-0.3, -0.25) is 14.4 Å². The molecule has 40 heavy (non-hydrogen) atoms. The van der Waals surface area contributed by atoms with Crippen molar-refractivity contribution in [2.75, 3.05) is 34.0 Å². The number of aliphatic carboxylic acids is 1. The zero-order chi connectivity index (χ0) is 28.9. The summed E-state index contributed by atoms with van der Waals surface area (Å²) in [6, 6.07) is 13.4. The van der Waals surface area contributed by atoms with Crippen molar-refractivity contribution >= 4 is 52.5 Å². The predicted octanol–water partition coefficient (Wildman–Crippen LogP) is 5.15. The van der Waals surface area contributed by atoms with E-state index in [9.17, 15) is 19.2 Å². The topological polar surface area (TPSA) is 119 Å². The van der Waals surface area contributed by atoms with E-state index in [4.69, 9.17) is 5.11 Å². The first-order chi connectivity index (χ1) is 19.0. The molecule has 1 saturated carbocycles. The summed E-state index contributed by atoms with van der Waals surface area (Å²) in [7, 11) is 0. The summed E-state index contributed by atoms with van der Waals surface area (Å²) in [5.74, 6) is -1.41. The number of carbonyl (C=O) groups excluding carboxylic acids is 3. The third-order valence-corrected chi connectivity index (χ3v) is 8.32. The molecule has 4 rings (SSSR count). The fraction of sp³-hybridized carbons (Fsp3) is 0.467. The average molecular weight is 567 g/mol. The lowest BCUT2D eigenvalue weighted by Gasteiger charge is -2.37. The van der Waals surface area contributed by atoms with Crippen LogP contribution in [0.25, 0.3) is 0 Å². The summed E-state index contributed by atoms with van der Waals surface area (Å²) in [6.45, 7) is 5.72. The average Bonchev–Trinajstić information content (AvgIpc) is 3.03. The SMILES string of the molecule is CC(C)(C)C(=O)CN1C(=O)C(NC(=O)Nc2cccc(SCC(=O)O)c2)CN(C2CCCCC2)c2ccccc21. The van der Waals surface area contributed by atoms with Gasteiger partial charge in [-0.05, 0) is 43.2 Å². The molecule has 1 aliphatic carbocycles. The maximum Gasteiger partial charge on any atom is 0.319 e. The summed E-state index contributed by atoms with van der Waals surface area (Å²) < 4.78 is 0. The Bertz CT molecular complexity index is 1250. The van der Waals surface area contributed by atoms with Crippen molar-refractivity contribution in [3.8, 4) is 0 Å². The monoisotopic (exact) mass is 566 g/mol. The molecule has 1 unspecified atom stereocenters. The van der Waals surface area contributed by atoms with E-state index in [2.05, 4.69) is 15.5 Å². The third-order valence-electron chi connectivity index (χ3n) is 7.34. The fourth-order valence-electron chi connectivity index (χ4n) is 5.14. The maximum atomic E-state index is 14.0. The number of Topliss-reactive ketones (excluding diaryl/α,β-unsaturated/α-hetero) is 1. The number of fused-ring (bicyclic) bond motifs is 1. The number of nitrogens with zero attached hydrogens (tertiary/aromatic N) is 2. The Balaban J connectivity index is 1.61. The number of ketones is 1. The Hall–Kier alpha value is -3.53. The molecule has 2 aliphatic rings.